The molecular weight excluding hydrogens is 359 g/mol. The van der Waals surface area contributed by atoms with E-state index in [4.69, 9.17) is 47.0 Å². The van der Waals surface area contributed by atoms with E-state index in [-0.39, 0.29) is 0 Å². The highest BCUT2D eigenvalue weighted by molar-refractivity contribution is 7.80. The first-order valence-corrected chi connectivity index (χ1v) is 8.23. The van der Waals surface area contributed by atoms with Crippen molar-refractivity contribution in [2.24, 2.45) is 0 Å². The number of hydrogen-bond donors (Lipinski definition) is 2. The van der Waals surface area contributed by atoms with Gasteiger partial charge in [-0.25, -0.2) is 0 Å². The molecule has 2 aromatic rings. The Morgan fingerprint density at radius 3 is 2.09 bits per heavy atom. The summed E-state index contributed by atoms with van der Waals surface area (Å²) in [6.07, 6.45) is 0. The summed E-state index contributed by atoms with van der Waals surface area (Å²) in [5.41, 5.74) is 2.78. The van der Waals surface area contributed by atoms with Gasteiger partial charge in [0.15, 0.2) is 5.11 Å². The maximum atomic E-state index is 6.11. The first-order chi connectivity index (χ1) is 10.4. The summed E-state index contributed by atoms with van der Waals surface area (Å²) in [5.74, 6) is 0.495. The van der Waals surface area contributed by atoms with Crippen LogP contribution in [0.1, 0.15) is 25.3 Å². The molecule has 0 atom stereocenters. The van der Waals surface area contributed by atoms with Crippen LogP contribution in [0.25, 0.3) is 0 Å². The molecule has 116 valence electrons. The number of rotatable bonds is 3. The van der Waals surface area contributed by atoms with Crippen LogP contribution >= 0.6 is 47.0 Å². The third kappa shape index (κ3) is 4.50. The molecule has 2 rings (SSSR count). The molecule has 0 fully saturated rings. The Morgan fingerprint density at radius 1 is 0.909 bits per heavy atom. The lowest BCUT2D eigenvalue weighted by atomic mass is 10.0. The summed E-state index contributed by atoms with van der Waals surface area (Å²) in [4.78, 5) is 0. The fraction of sp³-hybridized carbons (Fsp3) is 0.188. The molecule has 0 unspecified atom stereocenters. The fourth-order valence-corrected chi connectivity index (χ4v) is 2.68. The van der Waals surface area contributed by atoms with E-state index in [2.05, 4.69) is 36.6 Å². The predicted octanol–water partition coefficient (Wildman–Crippen LogP) is 6.58. The monoisotopic (exact) mass is 372 g/mol. The molecule has 0 aliphatic rings. The van der Waals surface area contributed by atoms with Crippen molar-refractivity contribution in [1.29, 1.82) is 0 Å². The Labute approximate surface area is 150 Å². The molecule has 0 aliphatic carbocycles. The zero-order chi connectivity index (χ0) is 16.3. The van der Waals surface area contributed by atoms with Gasteiger partial charge in [0.2, 0.25) is 0 Å². The van der Waals surface area contributed by atoms with E-state index < -0.39 is 0 Å². The molecule has 0 saturated carbocycles. The van der Waals surface area contributed by atoms with Gasteiger partial charge in [0.1, 0.15) is 0 Å². The van der Waals surface area contributed by atoms with E-state index in [0.29, 0.717) is 31.8 Å². The Bertz CT molecular complexity index is 685. The maximum absolute atomic E-state index is 6.11. The summed E-state index contributed by atoms with van der Waals surface area (Å²) in [7, 11) is 0. The third-order valence-corrected chi connectivity index (χ3v) is 4.33. The number of benzene rings is 2. The highest BCUT2D eigenvalue weighted by Gasteiger charge is 2.08. The van der Waals surface area contributed by atoms with Gasteiger partial charge >= 0.3 is 0 Å². The first kappa shape index (κ1) is 17.4. The van der Waals surface area contributed by atoms with Crippen LogP contribution in [0.3, 0.4) is 0 Å². The molecule has 6 heteroatoms. The van der Waals surface area contributed by atoms with Crippen LogP contribution in [-0.2, 0) is 0 Å². The number of nitrogens with one attached hydrogen (secondary N) is 2. The standard InChI is InChI=1S/C16H15Cl3N2S/c1-9(2)10-3-5-11(6-4-10)20-16(22)21-15-8-13(18)12(17)7-14(15)19/h3-9H,1-2H3,(H2,20,21,22). The summed E-state index contributed by atoms with van der Waals surface area (Å²) >= 11 is 23.3. The second-order valence-corrected chi connectivity index (χ2v) is 6.73. The average molecular weight is 374 g/mol. The van der Waals surface area contributed by atoms with E-state index in [9.17, 15) is 0 Å². The number of thiocarbonyl (C=S) groups is 1. The maximum Gasteiger partial charge on any atom is 0.175 e. The number of anilines is 2. The topological polar surface area (TPSA) is 24.1 Å². The third-order valence-electron chi connectivity index (χ3n) is 3.09. The quantitative estimate of drug-likeness (QED) is 0.469. The highest BCUT2D eigenvalue weighted by atomic mass is 35.5. The van der Waals surface area contributed by atoms with Crippen molar-refractivity contribution in [3.63, 3.8) is 0 Å². The summed E-state index contributed by atoms with van der Waals surface area (Å²) in [5, 5.41) is 7.81. The number of hydrogen-bond acceptors (Lipinski definition) is 1. The molecule has 0 heterocycles. The van der Waals surface area contributed by atoms with Gasteiger partial charge in [-0.2, -0.15) is 0 Å². The van der Waals surface area contributed by atoms with Crippen LogP contribution in [0.5, 0.6) is 0 Å². The lowest BCUT2D eigenvalue weighted by molar-refractivity contribution is 0.867. The Kier molecular flexibility index (Phi) is 5.93. The molecule has 2 N–H and O–H groups in total. The van der Waals surface area contributed by atoms with Crippen LogP contribution < -0.4 is 10.6 Å². The van der Waals surface area contributed by atoms with Crippen LogP contribution in [0.2, 0.25) is 15.1 Å². The van der Waals surface area contributed by atoms with Gasteiger partial charge in [-0.3, -0.25) is 0 Å². The summed E-state index contributed by atoms with van der Waals surface area (Å²) in [6, 6.07) is 11.3. The Hall–Kier alpha value is -1.00. The largest absolute Gasteiger partial charge is 0.332 e. The lowest BCUT2D eigenvalue weighted by Gasteiger charge is -2.13. The van der Waals surface area contributed by atoms with E-state index in [0.717, 1.165) is 5.69 Å². The molecule has 0 amide bonds. The zero-order valence-electron chi connectivity index (χ0n) is 12.1. The second kappa shape index (κ2) is 7.51. The van der Waals surface area contributed by atoms with Gasteiger partial charge < -0.3 is 10.6 Å². The molecule has 0 aliphatic heterocycles. The van der Waals surface area contributed by atoms with Gasteiger partial charge in [-0.05, 0) is 48.0 Å². The minimum Gasteiger partial charge on any atom is -0.332 e. The van der Waals surface area contributed by atoms with Gasteiger partial charge in [-0.15, -0.1) is 0 Å². The van der Waals surface area contributed by atoms with Crippen LogP contribution in [-0.4, -0.2) is 5.11 Å². The van der Waals surface area contributed by atoms with Crippen molar-refractivity contribution >= 4 is 63.5 Å². The molecule has 2 nitrogen and oxygen atoms in total. The predicted molar refractivity (Wildman–Crippen MR) is 102 cm³/mol. The van der Waals surface area contributed by atoms with Gasteiger partial charge in [0, 0.05) is 5.69 Å². The Morgan fingerprint density at radius 2 is 1.50 bits per heavy atom. The van der Waals surface area contributed by atoms with Gasteiger partial charge in [0.25, 0.3) is 0 Å². The number of halogens is 3. The van der Waals surface area contributed by atoms with E-state index in [1.807, 2.05) is 12.1 Å². The smallest absolute Gasteiger partial charge is 0.175 e. The van der Waals surface area contributed by atoms with E-state index in [1.165, 1.54) is 5.56 Å². The van der Waals surface area contributed by atoms with Crippen molar-refractivity contribution in [2.45, 2.75) is 19.8 Å². The lowest BCUT2D eigenvalue weighted by Crippen LogP contribution is -2.19. The normalized spacial score (nSPS) is 10.6. The average Bonchev–Trinajstić information content (AvgIpc) is 2.45. The second-order valence-electron chi connectivity index (χ2n) is 5.10. The molecule has 0 bridgehead atoms. The minimum absolute atomic E-state index is 0.403. The van der Waals surface area contributed by atoms with Crippen LogP contribution in [0, 0.1) is 0 Å². The molecule has 0 saturated heterocycles. The van der Waals surface area contributed by atoms with E-state index >= 15 is 0 Å². The highest BCUT2D eigenvalue weighted by Crippen LogP contribution is 2.32. The molecular formula is C16H15Cl3N2S. The molecule has 0 aromatic heterocycles. The van der Waals surface area contributed by atoms with Gasteiger partial charge in [-0.1, -0.05) is 60.8 Å². The van der Waals surface area contributed by atoms with Crippen molar-refractivity contribution in [1.82, 2.24) is 0 Å². The van der Waals surface area contributed by atoms with E-state index in [1.54, 1.807) is 12.1 Å². The van der Waals surface area contributed by atoms with Crippen LogP contribution in [0.15, 0.2) is 36.4 Å². The minimum atomic E-state index is 0.403. The van der Waals surface area contributed by atoms with Crippen LogP contribution in [0.4, 0.5) is 11.4 Å². The van der Waals surface area contributed by atoms with Crippen molar-refractivity contribution in [3.05, 3.63) is 57.0 Å². The molecule has 0 spiro atoms. The zero-order valence-corrected chi connectivity index (χ0v) is 15.2. The van der Waals surface area contributed by atoms with Crippen molar-refractivity contribution in [2.75, 3.05) is 10.6 Å². The SMILES string of the molecule is CC(C)c1ccc(NC(=S)Nc2cc(Cl)c(Cl)cc2Cl)cc1. The first-order valence-electron chi connectivity index (χ1n) is 6.69. The molecule has 0 radical (unpaired) electrons. The van der Waals surface area contributed by atoms with Crippen molar-refractivity contribution in [3.8, 4) is 0 Å². The Balaban J connectivity index is 2.05. The van der Waals surface area contributed by atoms with Gasteiger partial charge in [0.05, 0.1) is 20.8 Å². The summed E-state index contributed by atoms with van der Waals surface area (Å²) in [6.45, 7) is 4.31. The fourth-order valence-electron chi connectivity index (χ4n) is 1.85. The van der Waals surface area contributed by atoms with Crippen molar-refractivity contribution < 1.29 is 0 Å². The molecule has 2 aromatic carbocycles. The summed E-state index contributed by atoms with van der Waals surface area (Å²) < 4.78 is 0. The molecule has 22 heavy (non-hydrogen) atoms.